The summed E-state index contributed by atoms with van der Waals surface area (Å²) in [6.07, 6.45) is 0. The normalized spacial score (nSPS) is 17.7. The minimum absolute atomic E-state index is 0.0595. The van der Waals surface area contributed by atoms with E-state index in [0.29, 0.717) is 13.1 Å². The third-order valence-corrected chi connectivity index (χ3v) is 6.03. The zero-order valence-electron chi connectivity index (χ0n) is 18.1. The molecule has 0 saturated carbocycles. The summed E-state index contributed by atoms with van der Waals surface area (Å²) in [5.74, 6) is 1.74. The van der Waals surface area contributed by atoms with Gasteiger partial charge in [0, 0.05) is 64.6 Å². The van der Waals surface area contributed by atoms with Crippen LogP contribution in [-0.4, -0.2) is 96.6 Å². The van der Waals surface area contributed by atoms with E-state index in [4.69, 9.17) is 5.11 Å². The SMILES string of the molecule is Cc1ccccc1NC(=O)N1CCN(c2ccc(N3CCN(CCO)CC3)nn2)CC1. The number of urea groups is 1. The van der Waals surface area contributed by atoms with Crippen LogP contribution in [0.25, 0.3) is 0 Å². The molecule has 2 N–H and O–H groups in total. The van der Waals surface area contributed by atoms with E-state index in [-0.39, 0.29) is 12.6 Å². The third kappa shape index (κ3) is 5.23. The Morgan fingerprint density at radius 1 is 0.903 bits per heavy atom. The van der Waals surface area contributed by atoms with Gasteiger partial charge in [-0.15, -0.1) is 10.2 Å². The first-order chi connectivity index (χ1) is 15.1. The van der Waals surface area contributed by atoms with Crippen LogP contribution in [0, 0.1) is 6.92 Å². The molecule has 0 radical (unpaired) electrons. The molecule has 2 aliphatic rings. The van der Waals surface area contributed by atoms with Crippen LogP contribution in [0.15, 0.2) is 36.4 Å². The lowest BCUT2D eigenvalue weighted by molar-refractivity contribution is 0.188. The number of rotatable bonds is 5. The first-order valence-electron chi connectivity index (χ1n) is 10.9. The number of aliphatic hydroxyl groups is 1. The van der Waals surface area contributed by atoms with E-state index in [1.807, 2.05) is 48.2 Å². The number of para-hydroxylation sites is 1. The molecular weight excluding hydrogens is 394 g/mol. The molecule has 0 bridgehead atoms. The van der Waals surface area contributed by atoms with Crippen molar-refractivity contribution in [3.05, 3.63) is 42.0 Å². The summed E-state index contributed by atoms with van der Waals surface area (Å²) < 4.78 is 0. The van der Waals surface area contributed by atoms with Crippen molar-refractivity contribution < 1.29 is 9.90 Å². The minimum atomic E-state index is -0.0595. The largest absolute Gasteiger partial charge is 0.395 e. The molecule has 0 atom stereocenters. The zero-order valence-corrected chi connectivity index (χ0v) is 18.1. The maximum Gasteiger partial charge on any atom is 0.321 e. The fourth-order valence-electron chi connectivity index (χ4n) is 4.04. The Labute approximate surface area is 183 Å². The second-order valence-corrected chi connectivity index (χ2v) is 8.02. The number of anilines is 3. The lowest BCUT2D eigenvalue weighted by Gasteiger charge is -2.36. The van der Waals surface area contributed by atoms with E-state index in [1.165, 1.54) is 0 Å². The highest BCUT2D eigenvalue weighted by molar-refractivity contribution is 5.90. The molecule has 0 unspecified atom stereocenters. The summed E-state index contributed by atoms with van der Waals surface area (Å²) in [5, 5.41) is 21.0. The molecule has 9 heteroatoms. The van der Waals surface area contributed by atoms with E-state index >= 15 is 0 Å². The molecule has 9 nitrogen and oxygen atoms in total. The predicted molar refractivity (Wildman–Crippen MR) is 122 cm³/mol. The predicted octanol–water partition coefficient (Wildman–Crippen LogP) is 1.25. The van der Waals surface area contributed by atoms with Gasteiger partial charge in [-0.2, -0.15) is 0 Å². The van der Waals surface area contributed by atoms with Gasteiger partial charge in [0.25, 0.3) is 0 Å². The van der Waals surface area contributed by atoms with E-state index in [0.717, 1.165) is 68.7 Å². The van der Waals surface area contributed by atoms with Gasteiger partial charge >= 0.3 is 6.03 Å². The summed E-state index contributed by atoms with van der Waals surface area (Å²) >= 11 is 0. The van der Waals surface area contributed by atoms with Crippen LogP contribution in [0.4, 0.5) is 22.1 Å². The van der Waals surface area contributed by atoms with Crippen molar-refractivity contribution in [1.82, 2.24) is 20.0 Å². The number of aromatic nitrogens is 2. The molecule has 31 heavy (non-hydrogen) atoms. The molecule has 166 valence electrons. The second-order valence-electron chi connectivity index (χ2n) is 8.02. The fraction of sp³-hybridized carbons (Fsp3) is 0.500. The number of aryl methyl sites for hydroxylation is 1. The van der Waals surface area contributed by atoms with Gasteiger partial charge in [0.15, 0.2) is 11.6 Å². The number of piperazine rings is 2. The molecule has 1 aromatic heterocycles. The molecule has 3 heterocycles. The number of benzene rings is 1. The summed E-state index contributed by atoms with van der Waals surface area (Å²) in [4.78, 5) is 21.1. The summed E-state index contributed by atoms with van der Waals surface area (Å²) in [6, 6.07) is 11.8. The Kier molecular flexibility index (Phi) is 6.83. The van der Waals surface area contributed by atoms with E-state index in [9.17, 15) is 4.79 Å². The highest BCUT2D eigenvalue weighted by Gasteiger charge is 2.23. The number of aliphatic hydroxyl groups excluding tert-OH is 1. The van der Waals surface area contributed by atoms with Crippen LogP contribution >= 0.6 is 0 Å². The number of hydrogen-bond donors (Lipinski definition) is 2. The molecule has 2 saturated heterocycles. The van der Waals surface area contributed by atoms with Crippen molar-refractivity contribution >= 4 is 23.4 Å². The van der Waals surface area contributed by atoms with Crippen molar-refractivity contribution in [2.24, 2.45) is 0 Å². The van der Waals surface area contributed by atoms with Crippen LogP contribution in [0.1, 0.15) is 5.56 Å². The van der Waals surface area contributed by atoms with Crippen LogP contribution in [0.5, 0.6) is 0 Å². The Hall–Kier alpha value is -2.91. The van der Waals surface area contributed by atoms with E-state index in [1.54, 1.807) is 0 Å². The average molecular weight is 426 g/mol. The first-order valence-corrected chi connectivity index (χ1v) is 10.9. The Morgan fingerprint density at radius 2 is 1.48 bits per heavy atom. The maximum atomic E-state index is 12.6. The van der Waals surface area contributed by atoms with Gasteiger partial charge in [-0.3, -0.25) is 4.90 Å². The lowest BCUT2D eigenvalue weighted by Crippen LogP contribution is -2.50. The van der Waals surface area contributed by atoms with Crippen LogP contribution in [0.2, 0.25) is 0 Å². The van der Waals surface area contributed by atoms with Crippen molar-refractivity contribution in [3.8, 4) is 0 Å². The topological polar surface area (TPSA) is 88.1 Å². The first kappa shape index (κ1) is 21.3. The third-order valence-electron chi connectivity index (χ3n) is 6.03. The van der Waals surface area contributed by atoms with Crippen LogP contribution in [-0.2, 0) is 0 Å². The molecule has 2 fully saturated rings. The molecule has 2 aliphatic heterocycles. The van der Waals surface area contributed by atoms with E-state index in [2.05, 4.69) is 30.2 Å². The fourth-order valence-corrected chi connectivity index (χ4v) is 4.04. The molecular formula is C22H31N7O2. The van der Waals surface area contributed by atoms with Gasteiger partial charge in [0.05, 0.1) is 6.61 Å². The maximum absolute atomic E-state index is 12.6. The number of nitrogens with one attached hydrogen (secondary N) is 1. The number of hydrogen-bond acceptors (Lipinski definition) is 7. The standard InChI is InChI=1S/C22H31N7O2/c1-18-4-2-3-5-19(18)23-22(31)29-14-12-28(13-15-29)21-7-6-20(24-25-21)27-10-8-26(9-11-27)16-17-30/h2-7,30H,8-17H2,1H3,(H,23,31). The number of carbonyl (C=O) groups excluding carboxylic acids is 1. The van der Waals surface area contributed by atoms with Gasteiger partial charge in [0.2, 0.25) is 0 Å². The van der Waals surface area contributed by atoms with Crippen molar-refractivity contribution in [3.63, 3.8) is 0 Å². The number of carbonyl (C=O) groups is 1. The van der Waals surface area contributed by atoms with Crippen molar-refractivity contribution in [1.29, 1.82) is 0 Å². The Morgan fingerprint density at radius 3 is 2.03 bits per heavy atom. The van der Waals surface area contributed by atoms with Gasteiger partial charge in [0.1, 0.15) is 0 Å². The quantitative estimate of drug-likeness (QED) is 0.746. The highest BCUT2D eigenvalue weighted by Crippen LogP contribution is 2.19. The van der Waals surface area contributed by atoms with Crippen molar-refractivity contribution in [2.75, 3.05) is 80.6 Å². The summed E-state index contributed by atoms with van der Waals surface area (Å²) in [5.41, 5.74) is 1.91. The second kappa shape index (κ2) is 9.93. The van der Waals surface area contributed by atoms with Crippen molar-refractivity contribution in [2.45, 2.75) is 6.92 Å². The number of β-amino-alcohol motifs (C(OH)–C–C–N with tert-alkyl or cyclic N) is 1. The number of amides is 2. The highest BCUT2D eigenvalue weighted by atomic mass is 16.3. The Balaban J connectivity index is 1.27. The van der Waals surface area contributed by atoms with Gasteiger partial charge in [-0.05, 0) is 30.7 Å². The molecule has 2 aromatic rings. The summed E-state index contributed by atoms with van der Waals surface area (Å²) in [6.45, 7) is 9.32. The average Bonchev–Trinajstić information content (AvgIpc) is 2.81. The molecule has 0 aliphatic carbocycles. The zero-order chi connectivity index (χ0) is 21.6. The molecule has 0 spiro atoms. The Bertz CT molecular complexity index is 860. The molecule has 4 rings (SSSR count). The van der Waals surface area contributed by atoms with Gasteiger partial charge in [-0.1, -0.05) is 18.2 Å². The van der Waals surface area contributed by atoms with Crippen LogP contribution in [0.3, 0.4) is 0 Å². The van der Waals surface area contributed by atoms with E-state index < -0.39 is 0 Å². The monoisotopic (exact) mass is 425 g/mol. The van der Waals surface area contributed by atoms with Gasteiger partial charge < -0.3 is 25.1 Å². The van der Waals surface area contributed by atoms with Crippen LogP contribution < -0.4 is 15.1 Å². The number of nitrogens with zero attached hydrogens (tertiary/aromatic N) is 6. The summed E-state index contributed by atoms with van der Waals surface area (Å²) in [7, 11) is 0. The lowest BCUT2D eigenvalue weighted by atomic mass is 10.2. The molecule has 2 amide bonds. The molecule has 1 aromatic carbocycles. The smallest absolute Gasteiger partial charge is 0.321 e. The minimum Gasteiger partial charge on any atom is -0.395 e. The van der Waals surface area contributed by atoms with Gasteiger partial charge in [-0.25, -0.2) is 4.79 Å².